The second kappa shape index (κ2) is 15.7. The quantitative estimate of drug-likeness (QED) is 0.210. The zero-order valence-electron chi connectivity index (χ0n) is 26.6. The van der Waals surface area contributed by atoms with Gasteiger partial charge in [0.2, 0.25) is 5.91 Å². The number of halogens is 3. The van der Waals surface area contributed by atoms with Gasteiger partial charge in [0.1, 0.15) is 30.2 Å². The van der Waals surface area contributed by atoms with Gasteiger partial charge in [0.05, 0.1) is 35.8 Å². The summed E-state index contributed by atoms with van der Waals surface area (Å²) < 4.78 is 59.8. The largest absolute Gasteiger partial charge is 0.447 e. The monoisotopic (exact) mass is 667 g/mol. The van der Waals surface area contributed by atoms with E-state index in [1.165, 1.54) is 54.7 Å². The van der Waals surface area contributed by atoms with Gasteiger partial charge in [0.25, 0.3) is 0 Å². The number of pyridine rings is 1. The highest BCUT2D eigenvalue weighted by Gasteiger charge is 2.32. The molecule has 2 aliphatic rings. The molecule has 13 heteroatoms. The number of carbonyl (C=O) groups excluding carboxylic acids is 2. The Morgan fingerprint density at radius 3 is 2.38 bits per heavy atom. The smallest absolute Gasteiger partial charge is 0.407 e. The molecule has 5 N–H and O–H groups in total. The number of ether oxygens (including phenoxy) is 3. The van der Waals surface area contributed by atoms with E-state index in [0.717, 1.165) is 19.0 Å². The number of rotatable bonds is 12. The van der Waals surface area contributed by atoms with Crippen LogP contribution in [0.1, 0.15) is 42.4 Å². The Bertz CT molecular complexity index is 1540. The van der Waals surface area contributed by atoms with Crippen molar-refractivity contribution in [3.05, 3.63) is 107 Å². The van der Waals surface area contributed by atoms with Crippen LogP contribution in [-0.2, 0) is 25.4 Å². The van der Waals surface area contributed by atoms with E-state index in [0.29, 0.717) is 42.9 Å². The summed E-state index contributed by atoms with van der Waals surface area (Å²) >= 11 is 0. The van der Waals surface area contributed by atoms with E-state index in [1.807, 2.05) is 6.92 Å². The molecule has 48 heavy (non-hydrogen) atoms. The molecule has 2 saturated heterocycles. The lowest BCUT2D eigenvalue weighted by Gasteiger charge is -2.32. The summed E-state index contributed by atoms with van der Waals surface area (Å²) in [5.74, 6) is -3.03. The number of carbonyl (C=O) groups is 2. The van der Waals surface area contributed by atoms with Crippen molar-refractivity contribution in [2.75, 3.05) is 38.2 Å². The van der Waals surface area contributed by atoms with Crippen LogP contribution in [0.3, 0.4) is 0 Å². The summed E-state index contributed by atoms with van der Waals surface area (Å²) in [6, 6.07) is 9.78. The van der Waals surface area contributed by atoms with Crippen LogP contribution in [0.25, 0.3) is 0 Å². The number of anilines is 1. The average Bonchev–Trinajstić information content (AvgIpc) is 3.52. The van der Waals surface area contributed by atoms with Gasteiger partial charge < -0.3 is 35.9 Å². The molecule has 0 saturated carbocycles. The number of morpholine rings is 1. The van der Waals surface area contributed by atoms with Crippen LogP contribution >= 0.6 is 0 Å². The standard InChI is InChI=1S/C35H40F3N5O5/c1-21(30-18-40-15-26(48-30)19-46-34(45)42-20-35(2)12-3-13-47-35)14-27-28(38)16-41-17-29(27)43-33(44)32(39)31(22-4-8-24(36)9-5-22)23-6-10-25(37)11-7-23/h4-11,16-17,26,30-32,40H,1,3,12-15,18-20,39H2,2H3,(H,42,45)(H,43,44). The molecule has 256 valence electrons. The minimum Gasteiger partial charge on any atom is -0.447 e. The number of amides is 2. The fraction of sp³-hybridized carbons (Fsp3) is 0.400. The lowest BCUT2D eigenvalue weighted by atomic mass is 9.85. The predicted octanol–water partition coefficient (Wildman–Crippen LogP) is 4.35. The zero-order chi connectivity index (χ0) is 34.3. The van der Waals surface area contributed by atoms with Crippen molar-refractivity contribution >= 4 is 17.7 Å². The molecule has 5 rings (SSSR count). The van der Waals surface area contributed by atoms with Crippen molar-refractivity contribution in [3.63, 3.8) is 0 Å². The lowest BCUT2D eigenvalue weighted by molar-refractivity contribution is -0.117. The summed E-state index contributed by atoms with van der Waals surface area (Å²) in [5.41, 5.74) is 7.87. The molecule has 2 aliphatic heterocycles. The Kier molecular flexibility index (Phi) is 11.5. The number of aromatic nitrogens is 1. The molecular formula is C35H40F3N5O5. The van der Waals surface area contributed by atoms with Gasteiger partial charge in [-0.25, -0.2) is 18.0 Å². The van der Waals surface area contributed by atoms with Crippen molar-refractivity contribution in [2.24, 2.45) is 5.73 Å². The van der Waals surface area contributed by atoms with Crippen molar-refractivity contribution in [1.29, 1.82) is 0 Å². The highest BCUT2D eigenvalue weighted by Crippen LogP contribution is 2.30. The molecule has 2 aromatic carbocycles. The minimum absolute atomic E-state index is 0.00243. The highest BCUT2D eigenvalue weighted by molar-refractivity contribution is 5.96. The van der Waals surface area contributed by atoms with Gasteiger partial charge in [0.15, 0.2) is 0 Å². The first-order valence-corrected chi connectivity index (χ1v) is 15.8. The number of nitrogens with two attached hydrogens (primary N) is 1. The van der Waals surface area contributed by atoms with Crippen molar-refractivity contribution in [3.8, 4) is 0 Å². The summed E-state index contributed by atoms with van der Waals surface area (Å²) in [4.78, 5) is 29.7. The Hall–Kier alpha value is -4.30. The summed E-state index contributed by atoms with van der Waals surface area (Å²) in [5, 5.41) is 8.66. The van der Waals surface area contributed by atoms with E-state index in [2.05, 4.69) is 27.5 Å². The molecule has 4 atom stereocenters. The molecule has 3 heterocycles. The first kappa shape index (κ1) is 35.0. The minimum atomic E-state index is -1.22. The van der Waals surface area contributed by atoms with Gasteiger partial charge in [-0.1, -0.05) is 30.8 Å². The van der Waals surface area contributed by atoms with Crippen LogP contribution in [0.5, 0.6) is 0 Å². The van der Waals surface area contributed by atoms with Crippen molar-refractivity contribution in [1.82, 2.24) is 15.6 Å². The first-order chi connectivity index (χ1) is 23.0. The molecule has 1 aromatic heterocycles. The van der Waals surface area contributed by atoms with E-state index in [4.69, 9.17) is 19.9 Å². The molecule has 0 bridgehead atoms. The molecule has 10 nitrogen and oxygen atoms in total. The summed E-state index contributed by atoms with van der Waals surface area (Å²) in [7, 11) is 0. The molecule has 3 aromatic rings. The number of hydrogen-bond acceptors (Lipinski definition) is 8. The van der Waals surface area contributed by atoms with E-state index in [9.17, 15) is 18.4 Å². The maximum atomic E-state index is 15.2. The molecular weight excluding hydrogens is 627 g/mol. The maximum absolute atomic E-state index is 15.2. The second-order valence-corrected chi connectivity index (χ2v) is 12.3. The van der Waals surface area contributed by atoms with E-state index in [1.54, 1.807) is 0 Å². The van der Waals surface area contributed by atoms with Crippen LogP contribution in [0.4, 0.5) is 23.7 Å². The Labute approximate surface area is 277 Å². The predicted molar refractivity (Wildman–Crippen MR) is 173 cm³/mol. The third-order valence-electron chi connectivity index (χ3n) is 8.61. The highest BCUT2D eigenvalue weighted by atomic mass is 19.1. The van der Waals surface area contributed by atoms with Gasteiger partial charge in [-0.15, -0.1) is 0 Å². The first-order valence-electron chi connectivity index (χ1n) is 15.8. The van der Waals surface area contributed by atoms with E-state index in [-0.39, 0.29) is 24.3 Å². The number of alkyl carbamates (subject to hydrolysis) is 1. The number of nitrogens with one attached hydrogen (secondary N) is 3. The maximum Gasteiger partial charge on any atom is 0.407 e. The fourth-order valence-electron chi connectivity index (χ4n) is 5.90. The molecule has 0 spiro atoms. The molecule has 0 radical (unpaired) electrons. The molecule has 2 fully saturated rings. The lowest BCUT2D eigenvalue weighted by Crippen LogP contribution is -2.48. The fourth-order valence-corrected chi connectivity index (χ4v) is 5.90. The zero-order valence-corrected chi connectivity index (χ0v) is 26.6. The Morgan fingerprint density at radius 2 is 1.75 bits per heavy atom. The van der Waals surface area contributed by atoms with Gasteiger partial charge in [-0.3, -0.25) is 9.78 Å². The SMILES string of the molecule is C=C(Cc1c(F)cncc1NC(=O)C(N)C(c1ccc(F)cc1)c1ccc(F)cc1)C1CNCC(COC(=O)NCC2(C)CCCO2)O1. The van der Waals surface area contributed by atoms with E-state index < -0.39 is 59.2 Å². The van der Waals surface area contributed by atoms with E-state index >= 15 is 4.39 Å². The third kappa shape index (κ3) is 8.98. The Morgan fingerprint density at radius 1 is 1.08 bits per heavy atom. The third-order valence-corrected chi connectivity index (χ3v) is 8.61. The van der Waals surface area contributed by atoms with Crippen molar-refractivity contribution in [2.45, 2.75) is 56.0 Å². The molecule has 0 aliphatic carbocycles. The number of hydrogen-bond donors (Lipinski definition) is 4. The summed E-state index contributed by atoms with van der Waals surface area (Å²) in [6.07, 6.45) is 2.56. The van der Waals surface area contributed by atoms with Crippen LogP contribution in [0.2, 0.25) is 0 Å². The molecule has 2 amide bonds. The van der Waals surface area contributed by atoms with Crippen LogP contribution in [-0.4, -0.2) is 73.7 Å². The summed E-state index contributed by atoms with van der Waals surface area (Å²) in [6.45, 7) is 7.90. The van der Waals surface area contributed by atoms with Gasteiger partial charge in [0, 0.05) is 44.1 Å². The topological polar surface area (TPSA) is 137 Å². The van der Waals surface area contributed by atoms with Gasteiger partial charge in [-0.05, 0) is 60.7 Å². The van der Waals surface area contributed by atoms with Gasteiger partial charge >= 0.3 is 6.09 Å². The van der Waals surface area contributed by atoms with Crippen LogP contribution in [0, 0.1) is 17.5 Å². The number of benzene rings is 2. The molecule has 4 unspecified atom stereocenters. The van der Waals surface area contributed by atoms with Crippen molar-refractivity contribution < 1.29 is 37.0 Å². The van der Waals surface area contributed by atoms with Crippen LogP contribution < -0.4 is 21.7 Å². The number of nitrogens with zero attached hydrogens (tertiary/aromatic N) is 1. The Balaban J connectivity index is 1.22. The normalized spacial score (nSPS) is 21.5. The average molecular weight is 668 g/mol. The van der Waals surface area contributed by atoms with Crippen LogP contribution in [0.15, 0.2) is 73.1 Å². The second-order valence-electron chi connectivity index (χ2n) is 12.3. The van der Waals surface area contributed by atoms with Gasteiger partial charge in [-0.2, -0.15) is 0 Å².